The van der Waals surface area contributed by atoms with Crippen molar-refractivity contribution in [2.45, 2.75) is 18.6 Å². The molecule has 1 rings (SSSR count). The zero-order valence-corrected chi connectivity index (χ0v) is 7.08. The lowest BCUT2D eigenvalue weighted by atomic mass is 10.1. The third kappa shape index (κ3) is 2.17. The average Bonchev–Trinajstić information content (AvgIpc) is 1.83. The number of primary amides is 1. The first kappa shape index (κ1) is 9.44. The third-order valence-electron chi connectivity index (χ3n) is 1.79. The molecule has 0 aliphatic carbocycles. The Bertz CT molecular complexity index is 177. The lowest BCUT2D eigenvalue weighted by molar-refractivity contribution is -0.145. The van der Waals surface area contributed by atoms with E-state index < -0.39 is 11.4 Å². The van der Waals surface area contributed by atoms with E-state index in [9.17, 15) is 4.79 Å². The minimum atomic E-state index is -1.07. The molecule has 5 heteroatoms. The highest BCUT2D eigenvalue weighted by molar-refractivity contribution is 5.83. The molecule has 1 fully saturated rings. The van der Waals surface area contributed by atoms with Gasteiger partial charge in [-0.1, -0.05) is 0 Å². The quantitative estimate of drug-likeness (QED) is 0.549. The lowest BCUT2D eigenvalue weighted by Crippen LogP contribution is -2.54. The van der Waals surface area contributed by atoms with Crippen LogP contribution in [0.4, 0.5) is 0 Å². The van der Waals surface area contributed by atoms with Crippen molar-refractivity contribution in [3.05, 3.63) is 0 Å². The molecule has 1 heterocycles. The van der Waals surface area contributed by atoms with Gasteiger partial charge in [0.25, 0.3) is 0 Å². The minimum absolute atomic E-state index is 0.0761. The van der Waals surface area contributed by atoms with Crippen LogP contribution >= 0.6 is 0 Å². The summed E-state index contributed by atoms with van der Waals surface area (Å²) in [6, 6.07) is 0. The molecule has 1 unspecified atom stereocenters. The molecule has 0 aromatic rings. The monoisotopic (exact) mass is 174 g/mol. The van der Waals surface area contributed by atoms with Crippen molar-refractivity contribution >= 4 is 5.91 Å². The fourth-order valence-corrected chi connectivity index (χ4v) is 0.672. The van der Waals surface area contributed by atoms with Crippen LogP contribution in [0.5, 0.6) is 0 Å². The Kier molecular flexibility index (Phi) is 2.66. The van der Waals surface area contributed by atoms with E-state index in [-0.39, 0.29) is 12.7 Å². The van der Waals surface area contributed by atoms with E-state index in [1.807, 2.05) is 0 Å². The summed E-state index contributed by atoms with van der Waals surface area (Å²) in [5, 5.41) is 0. The van der Waals surface area contributed by atoms with Gasteiger partial charge in [0.2, 0.25) is 5.91 Å². The Labute approximate surface area is 71.0 Å². The Morgan fingerprint density at radius 1 is 1.75 bits per heavy atom. The van der Waals surface area contributed by atoms with Gasteiger partial charge in [-0.05, 0) is 6.92 Å². The van der Waals surface area contributed by atoms with Crippen molar-refractivity contribution in [1.82, 2.24) is 0 Å². The molecular formula is C7H14N2O3. The average molecular weight is 174 g/mol. The Morgan fingerprint density at radius 3 is 2.67 bits per heavy atom. The standard InChI is InChI=1S/C7H14N2O3/c1-7(9,6(8)10)4-12-5-2-11-3-5/h5H,2-4,9H2,1H3,(H2,8,10). The summed E-state index contributed by atoms with van der Waals surface area (Å²) in [4.78, 5) is 10.7. The van der Waals surface area contributed by atoms with Crippen molar-refractivity contribution < 1.29 is 14.3 Å². The topological polar surface area (TPSA) is 87.6 Å². The molecule has 0 aromatic heterocycles. The normalized spacial score (nSPS) is 22.8. The fraction of sp³-hybridized carbons (Fsp3) is 0.857. The molecule has 0 radical (unpaired) electrons. The van der Waals surface area contributed by atoms with Crippen LogP contribution in [0.1, 0.15) is 6.92 Å². The minimum Gasteiger partial charge on any atom is -0.376 e. The van der Waals surface area contributed by atoms with Crippen LogP contribution in [-0.2, 0) is 14.3 Å². The highest BCUT2D eigenvalue weighted by Crippen LogP contribution is 2.08. The van der Waals surface area contributed by atoms with Gasteiger partial charge in [-0.2, -0.15) is 0 Å². The predicted octanol–water partition coefficient (Wildman–Crippen LogP) is -1.40. The Hall–Kier alpha value is -0.650. The van der Waals surface area contributed by atoms with Gasteiger partial charge in [0, 0.05) is 0 Å². The van der Waals surface area contributed by atoms with Crippen molar-refractivity contribution in [2.75, 3.05) is 19.8 Å². The maximum atomic E-state index is 10.7. The molecule has 5 nitrogen and oxygen atoms in total. The van der Waals surface area contributed by atoms with Crippen molar-refractivity contribution in [1.29, 1.82) is 0 Å². The number of rotatable bonds is 4. The first-order valence-corrected chi connectivity index (χ1v) is 3.80. The van der Waals surface area contributed by atoms with Crippen molar-refractivity contribution in [3.8, 4) is 0 Å². The molecule has 1 saturated heterocycles. The third-order valence-corrected chi connectivity index (χ3v) is 1.79. The van der Waals surface area contributed by atoms with Gasteiger partial charge in [0.05, 0.1) is 19.8 Å². The van der Waals surface area contributed by atoms with Crippen molar-refractivity contribution in [3.63, 3.8) is 0 Å². The van der Waals surface area contributed by atoms with Crippen LogP contribution < -0.4 is 11.5 Å². The highest BCUT2D eigenvalue weighted by Gasteiger charge is 2.29. The van der Waals surface area contributed by atoms with E-state index >= 15 is 0 Å². The van der Waals surface area contributed by atoms with Crippen LogP contribution in [0, 0.1) is 0 Å². The van der Waals surface area contributed by atoms with Crippen LogP contribution in [-0.4, -0.2) is 37.4 Å². The second-order valence-electron chi connectivity index (χ2n) is 3.25. The highest BCUT2D eigenvalue weighted by atomic mass is 16.6. The molecule has 1 amide bonds. The summed E-state index contributed by atoms with van der Waals surface area (Å²) in [7, 11) is 0. The molecule has 1 aliphatic heterocycles. The zero-order chi connectivity index (χ0) is 9.19. The van der Waals surface area contributed by atoms with Crippen LogP contribution in [0.25, 0.3) is 0 Å². The number of carbonyl (C=O) groups excluding carboxylic acids is 1. The van der Waals surface area contributed by atoms with Crippen LogP contribution in [0.2, 0.25) is 0 Å². The van der Waals surface area contributed by atoms with E-state index in [4.69, 9.17) is 20.9 Å². The number of hydrogen-bond acceptors (Lipinski definition) is 4. The second-order valence-corrected chi connectivity index (χ2v) is 3.25. The maximum Gasteiger partial charge on any atom is 0.239 e. The molecule has 0 aromatic carbocycles. The van der Waals surface area contributed by atoms with Gasteiger partial charge in [0.1, 0.15) is 11.6 Å². The Balaban J connectivity index is 2.24. The number of nitrogens with two attached hydrogens (primary N) is 2. The molecule has 12 heavy (non-hydrogen) atoms. The van der Waals surface area contributed by atoms with Gasteiger partial charge in [-0.15, -0.1) is 0 Å². The summed E-state index contributed by atoms with van der Waals surface area (Å²) in [5.41, 5.74) is 9.51. The van der Waals surface area contributed by atoms with E-state index in [1.165, 1.54) is 0 Å². The van der Waals surface area contributed by atoms with Crippen molar-refractivity contribution in [2.24, 2.45) is 11.5 Å². The lowest BCUT2D eigenvalue weighted by Gasteiger charge is -2.29. The van der Waals surface area contributed by atoms with E-state index in [1.54, 1.807) is 6.92 Å². The summed E-state index contributed by atoms with van der Waals surface area (Å²) in [6.07, 6.45) is 0.0761. The molecule has 0 saturated carbocycles. The first-order valence-electron chi connectivity index (χ1n) is 3.80. The van der Waals surface area contributed by atoms with Crippen LogP contribution in [0.3, 0.4) is 0 Å². The van der Waals surface area contributed by atoms with E-state index in [0.717, 1.165) is 0 Å². The predicted molar refractivity (Wildman–Crippen MR) is 42.3 cm³/mol. The largest absolute Gasteiger partial charge is 0.376 e. The summed E-state index contributed by atoms with van der Waals surface area (Å²) in [6.45, 7) is 2.86. The summed E-state index contributed by atoms with van der Waals surface area (Å²) >= 11 is 0. The second kappa shape index (κ2) is 3.38. The summed E-state index contributed by atoms with van der Waals surface area (Å²) in [5.74, 6) is -0.553. The van der Waals surface area contributed by atoms with Gasteiger partial charge in [-0.3, -0.25) is 4.79 Å². The zero-order valence-electron chi connectivity index (χ0n) is 7.08. The number of ether oxygens (including phenoxy) is 2. The molecule has 0 spiro atoms. The molecular weight excluding hydrogens is 160 g/mol. The van der Waals surface area contributed by atoms with E-state index in [2.05, 4.69) is 0 Å². The van der Waals surface area contributed by atoms with Crippen LogP contribution in [0.15, 0.2) is 0 Å². The molecule has 0 bridgehead atoms. The Morgan fingerprint density at radius 2 is 2.33 bits per heavy atom. The smallest absolute Gasteiger partial charge is 0.239 e. The number of hydrogen-bond donors (Lipinski definition) is 2. The molecule has 70 valence electrons. The summed E-state index contributed by atoms with van der Waals surface area (Å²) < 4.78 is 10.1. The molecule has 1 atom stereocenters. The van der Waals surface area contributed by atoms with E-state index in [0.29, 0.717) is 13.2 Å². The first-order chi connectivity index (χ1) is 5.52. The van der Waals surface area contributed by atoms with Gasteiger partial charge >= 0.3 is 0 Å². The van der Waals surface area contributed by atoms with Gasteiger partial charge < -0.3 is 20.9 Å². The fourth-order valence-electron chi connectivity index (χ4n) is 0.672. The van der Waals surface area contributed by atoms with Gasteiger partial charge in [-0.25, -0.2) is 0 Å². The van der Waals surface area contributed by atoms with Gasteiger partial charge in [0.15, 0.2) is 0 Å². The SMILES string of the molecule is CC(N)(COC1COC1)C(N)=O. The number of carbonyl (C=O) groups is 1. The maximum absolute atomic E-state index is 10.7. The number of amides is 1. The molecule has 4 N–H and O–H groups in total. The molecule has 1 aliphatic rings.